The summed E-state index contributed by atoms with van der Waals surface area (Å²) in [4.78, 5) is 37.3. The molecule has 0 aliphatic rings. The zero-order valence-electron chi connectivity index (χ0n) is 20.2. The van der Waals surface area contributed by atoms with Gasteiger partial charge in [-0.15, -0.1) is 0 Å². The molecule has 0 unspecified atom stereocenters. The first kappa shape index (κ1) is 27.6. The van der Waals surface area contributed by atoms with E-state index in [1.807, 2.05) is 0 Å². The Morgan fingerprint density at radius 2 is 1.76 bits per heavy atom. The third-order valence-electron chi connectivity index (χ3n) is 5.60. The molecule has 0 bridgehead atoms. The van der Waals surface area contributed by atoms with Crippen LogP contribution >= 0.6 is 0 Å². The molecule has 0 spiro atoms. The van der Waals surface area contributed by atoms with Gasteiger partial charge in [-0.2, -0.15) is 13.2 Å². The molecule has 0 aliphatic heterocycles. The summed E-state index contributed by atoms with van der Waals surface area (Å²) in [5.41, 5.74) is -1.20. The number of aromatic nitrogens is 3. The van der Waals surface area contributed by atoms with Crippen LogP contribution in [0.25, 0.3) is 11.4 Å². The zero-order valence-corrected chi connectivity index (χ0v) is 20.2. The number of nitrogens with zero attached hydrogens (tertiary/aromatic N) is 3. The summed E-state index contributed by atoms with van der Waals surface area (Å²) in [6.07, 6.45) is -3.12. The minimum Gasteiger partial charge on any atom is -0.366 e. The summed E-state index contributed by atoms with van der Waals surface area (Å²) in [7, 11) is 1.45. The number of carbonyl (C=O) groups excluding carboxylic acids is 2. The van der Waals surface area contributed by atoms with E-state index in [1.165, 1.54) is 19.2 Å². The first-order valence-electron chi connectivity index (χ1n) is 11.2. The molecule has 3 aromatic rings. The van der Waals surface area contributed by atoms with E-state index in [-0.39, 0.29) is 53.3 Å². The maximum Gasteiger partial charge on any atom is 0.417 e. The number of pyridine rings is 1. The van der Waals surface area contributed by atoms with Crippen molar-refractivity contribution in [3.8, 4) is 11.4 Å². The van der Waals surface area contributed by atoms with Crippen LogP contribution in [0.4, 0.5) is 27.8 Å². The Balaban J connectivity index is 2.01. The molecule has 0 saturated carbocycles. The number of anilines is 1. The first-order chi connectivity index (χ1) is 17.4. The number of hydrogen-bond donors (Lipinski definition) is 2. The number of halogens is 5. The fourth-order valence-corrected chi connectivity index (χ4v) is 3.50. The molecule has 0 aliphatic carbocycles. The van der Waals surface area contributed by atoms with Crippen LogP contribution in [0.5, 0.6) is 0 Å². The molecule has 12 heteroatoms. The van der Waals surface area contributed by atoms with Gasteiger partial charge in [0, 0.05) is 61.6 Å². The number of Topliss-reactive ketones (excluding diaryl/α,β-unsaturated/α-hetero) is 1. The highest BCUT2D eigenvalue weighted by Gasteiger charge is 2.31. The summed E-state index contributed by atoms with van der Waals surface area (Å²) >= 11 is 0. The van der Waals surface area contributed by atoms with Crippen molar-refractivity contribution in [2.24, 2.45) is 11.8 Å². The number of rotatable bonds is 9. The summed E-state index contributed by atoms with van der Waals surface area (Å²) in [6.45, 7) is 3.39. The Morgan fingerprint density at radius 3 is 2.38 bits per heavy atom. The molecule has 2 N–H and O–H groups in total. The predicted octanol–water partition coefficient (Wildman–Crippen LogP) is 5.04. The fourth-order valence-electron chi connectivity index (χ4n) is 3.50. The van der Waals surface area contributed by atoms with Gasteiger partial charge in [-0.1, -0.05) is 19.9 Å². The van der Waals surface area contributed by atoms with E-state index in [0.29, 0.717) is 12.3 Å². The molecule has 1 aromatic carbocycles. The van der Waals surface area contributed by atoms with Gasteiger partial charge in [0.1, 0.15) is 23.1 Å². The van der Waals surface area contributed by atoms with E-state index < -0.39 is 35.1 Å². The molecule has 2 heterocycles. The van der Waals surface area contributed by atoms with Crippen molar-refractivity contribution in [1.82, 2.24) is 20.3 Å². The van der Waals surface area contributed by atoms with Crippen LogP contribution in [0.2, 0.25) is 0 Å². The molecule has 37 heavy (non-hydrogen) atoms. The van der Waals surface area contributed by atoms with Crippen LogP contribution in [0.15, 0.2) is 42.7 Å². The summed E-state index contributed by atoms with van der Waals surface area (Å²) in [5.74, 6) is -3.53. The largest absolute Gasteiger partial charge is 0.417 e. The van der Waals surface area contributed by atoms with Gasteiger partial charge < -0.3 is 10.6 Å². The predicted molar refractivity (Wildman–Crippen MR) is 125 cm³/mol. The van der Waals surface area contributed by atoms with E-state index in [0.717, 1.165) is 18.3 Å². The smallest absolute Gasteiger partial charge is 0.366 e. The summed E-state index contributed by atoms with van der Waals surface area (Å²) in [6, 6.07) is 5.05. The Morgan fingerprint density at radius 1 is 1.03 bits per heavy atom. The quantitative estimate of drug-likeness (QED) is 0.303. The van der Waals surface area contributed by atoms with Crippen LogP contribution in [0, 0.1) is 23.5 Å². The van der Waals surface area contributed by atoms with Gasteiger partial charge in [-0.3, -0.25) is 14.6 Å². The second-order valence-corrected chi connectivity index (χ2v) is 8.60. The summed E-state index contributed by atoms with van der Waals surface area (Å²) < 4.78 is 67.0. The fraction of sp³-hybridized carbons (Fsp3) is 0.320. The Hall–Kier alpha value is -3.96. The molecule has 196 valence electrons. The van der Waals surface area contributed by atoms with E-state index in [9.17, 15) is 31.5 Å². The van der Waals surface area contributed by atoms with E-state index in [2.05, 4.69) is 25.6 Å². The van der Waals surface area contributed by atoms with Crippen molar-refractivity contribution in [3.05, 3.63) is 71.2 Å². The lowest BCUT2D eigenvalue weighted by atomic mass is 9.89. The van der Waals surface area contributed by atoms with Gasteiger partial charge in [0.25, 0.3) is 0 Å². The first-order valence-corrected chi connectivity index (χ1v) is 11.2. The Kier molecular flexibility index (Phi) is 8.51. The third kappa shape index (κ3) is 7.05. The minimum absolute atomic E-state index is 0.00975. The molecular formula is C25H24F5N5O2. The number of carbonyl (C=O) groups is 2. The highest BCUT2D eigenvalue weighted by Crippen LogP contribution is 2.31. The van der Waals surface area contributed by atoms with Crippen molar-refractivity contribution >= 4 is 17.5 Å². The van der Waals surface area contributed by atoms with Gasteiger partial charge in [0.05, 0.1) is 5.56 Å². The van der Waals surface area contributed by atoms with Gasteiger partial charge in [0.2, 0.25) is 5.91 Å². The molecular weight excluding hydrogens is 497 g/mol. The van der Waals surface area contributed by atoms with Crippen LogP contribution in [-0.2, 0) is 17.5 Å². The molecule has 1 amide bonds. The average molecular weight is 521 g/mol. The second-order valence-electron chi connectivity index (χ2n) is 8.60. The van der Waals surface area contributed by atoms with Crippen LogP contribution in [-0.4, -0.2) is 33.7 Å². The van der Waals surface area contributed by atoms with E-state index >= 15 is 0 Å². The highest BCUT2D eigenvalue weighted by atomic mass is 19.4. The van der Waals surface area contributed by atoms with Gasteiger partial charge in [-0.05, 0) is 18.1 Å². The number of alkyl halides is 3. The van der Waals surface area contributed by atoms with Crippen LogP contribution in [0.3, 0.4) is 0 Å². The van der Waals surface area contributed by atoms with E-state index in [4.69, 9.17) is 0 Å². The number of ketones is 1. The molecule has 1 atom stereocenters. The molecule has 2 aromatic heterocycles. The number of hydrogen-bond acceptors (Lipinski definition) is 6. The monoisotopic (exact) mass is 521 g/mol. The highest BCUT2D eigenvalue weighted by molar-refractivity contribution is 5.98. The molecule has 7 nitrogen and oxygen atoms in total. The number of amides is 1. The normalized spacial score (nSPS) is 12.4. The molecule has 0 fully saturated rings. The van der Waals surface area contributed by atoms with Crippen molar-refractivity contribution < 1.29 is 31.5 Å². The maximum absolute atomic E-state index is 14.1. The van der Waals surface area contributed by atoms with Crippen LogP contribution < -0.4 is 10.6 Å². The zero-order chi connectivity index (χ0) is 27.3. The SMILES string of the molecule is CNC(=O)[C@H](CC(=O)c1cc(NCc2ccc(F)cc2F)nc(-c2cncc(C(F)(F)F)c2)n1)C(C)C. The standard InChI is InChI=1S/C25H24F5N5O2/c1-13(2)18(24(37)31-3)8-21(36)20-9-22(33-11-14-4-5-17(26)7-19(14)27)35-23(34-20)15-6-16(12-32-10-15)25(28,29)30/h4-7,9-10,12-13,18H,8,11H2,1-3H3,(H,31,37)(H,33,34,35)/t18-/m1/s1. The Labute approximate surface area is 209 Å². The van der Waals surface area contributed by atoms with Crippen molar-refractivity contribution in [2.45, 2.75) is 33.0 Å². The number of nitrogens with one attached hydrogen (secondary N) is 2. The van der Waals surface area contributed by atoms with Gasteiger partial charge in [-0.25, -0.2) is 18.7 Å². The van der Waals surface area contributed by atoms with Gasteiger partial charge in [0.15, 0.2) is 11.6 Å². The summed E-state index contributed by atoms with van der Waals surface area (Å²) in [5, 5.41) is 5.30. The molecule has 3 rings (SSSR count). The van der Waals surface area contributed by atoms with Crippen molar-refractivity contribution in [3.63, 3.8) is 0 Å². The van der Waals surface area contributed by atoms with Gasteiger partial charge >= 0.3 is 6.18 Å². The van der Waals surface area contributed by atoms with E-state index in [1.54, 1.807) is 13.8 Å². The van der Waals surface area contributed by atoms with Crippen molar-refractivity contribution in [2.75, 3.05) is 12.4 Å². The van der Waals surface area contributed by atoms with Crippen molar-refractivity contribution in [1.29, 1.82) is 0 Å². The molecule has 0 radical (unpaired) electrons. The maximum atomic E-state index is 14.1. The Bertz CT molecular complexity index is 1300. The topological polar surface area (TPSA) is 96.9 Å². The lowest BCUT2D eigenvalue weighted by Gasteiger charge is -2.18. The van der Waals surface area contributed by atoms with Crippen LogP contribution in [0.1, 0.15) is 41.9 Å². The second kappa shape index (κ2) is 11.4. The third-order valence-corrected chi connectivity index (χ3v) is 5.60. The lowest BCUT2D eigenvalue weighted by Crippen LogP contribution is -2.32. The average Bonchev–Trinajstić information content (AvgIpc) is 2.85. The molecule has 0 saturated heterocycles. The minimum atomic E-state index is -4.67. The lowest BCUT2D eigenvalue weighted by molar-refractivity contribution is -0.137. The number of benzene rings is 1.